The molecule has 0 radical (unpaired) electrons. The highest BCUT2D eigenvalue weighted by Gasteiger charge is 2.12. The number of rotatable bonds is 8. The molecule has 0 fully saturated rings. The van der Waals surface area contributed by atoms with Gasteiger partial charge in [-0.3, -0.25) is 14.4 Å². The molecule has 3 N–H and O–H groups in total. The normalized spacial score (nSPS) is 10.4. The Hall–Kier alpha value is -4.01. The van der Waals surface area contributed by atoms with E-state index < -0.39 is 24.4 Å². The number of amides is 2. The number of halogens is 1. The molecule has 3 aromatic rings. The first-order valence-electron chi connectivity index (χ1n) is 8.96. The van der Waals surface area contributed by atoms with Gasteiger partial charge in [-0.1, -0.05) is 0 Å². The minimum atomic E-state index is -0.587. The number of hydrogen-bond donors (Lipinski definition) is 2. The van der Waals surface area contributed by atoms with Crippen LogP contribution in [0.3, 0.4) is 0 Å². The Balaban J connectivity index is 1.42. The molecule has 1 aromatic heterocycles. The molecular weight excluding hydrogens is 393 g/mol. The average Bonchev–Trinajstić information content (AvgIpc) is 3.21. The van der Waals surface area contributed by atoms with Crippen LogP contribution in [-0.2, 0) is 20.7 Å². The molecule has 9 heteroatoms. The maximum Gasteiger partial charge on any atom is 0.306 e. The second-order valence-electron chi connectivity index (χ2n) is 6.28. The van der Waals surface area contributed by atoms with Gasteiger partial charge >= 0.3 is 5.97 Å². The second-order valence-corrected chi connectivity index (χ2v) is 6.28. The van der Waals surface area contributed by atoms with Gasteiger partial charge in [0.25, 0.3) is 5.91 Å². The van der Waals surface area contributed by atoms with Crippen LogP contribution < -0.4 is 11.1 Å². The average molecular weight is 411 g/mol. The van der Waals surface area contributed by atoms with Crippen molar-refractivity contribution >= 4 is 23.5 Å². The number of aromatic nitrogens is 1. The molecule has 0 atom stereocenters. The molecule has 3 rings (SSSR count). The van der Waals surface area contributed by atoms with Gasteiger partial charge in [-0.15, -0.1) is 0 Å². The maximum atomic E-state index is 13.0. The van der Waals surface area contributed by atoms with Crippen molar-refractivity contribution in [3.05, 3.63) is 72.0 Å². The smallest absolute Gasteiger partial charge is 0.306 e. The number of benzene rings is 2. The molecule has 0 saturated carbocycles. The van der Waals surface area contributed by atoms with Crippen molar-refractivity contribution in [2.45, 2.75) is 12.8 Å². The Morgan fingerprint density at radius 3 is 2.43 bits per heavy atom. The minimum absolute atomic E-state index is 0.0238. The molecule has 1 heterocycles. The summed E-state index contributed by atoms with van der Waals surface area (Å²) in [6.45, 7) is -0.456. The van der Waals surface area contributed by atoms with Gasteiger partial charge in [0, 0.05) is 23.2 Å². The molecule has 0 aliphatic carbocycles. The number of ether oxygens (including phenoxy) is 1. The van der Waals surface area contributed by atoms with E-state index in [2.05, 4.69) is 10.3 Å². The van der Waals surface area contributed by atoms with Crippen LogP contribution in [0.1, 0.15) is 22.7 Å². The van der Waals surface area contributed by atoms with Gasteiger partial charge < -0.3 is 20.2 Å². The van der Waals surface area contributed by atoms with Crippen molar-refractivity contribution in [2.75, 3.05) is 11.9 Å². The zero-order valence-electron chi connectivity index (χ0n) is 15.8. The third-order valence-electron chi connectivity index (χ3n) is 4.04. The van der Waals surface area contributed by atoms with Crippen molar-refractivity contribution in [3.63, 3.8) is 0 Å². The number of aryl methyl sites for hydroxylation is 1. The molecule has 2 aromatic carbocycles. The molecule has 30 heavy (non-hydrogen) atoms. The van der Waals surface area contributed by atoms with Gasteiger partial charge in [0.15, 0.2) is 18.3 Å². The SMILES string of the molecule is NC(=O)c1ccc(NC(=O)COC(=O)CCc2ncc(-c3ccc(F)cc3)o2)cc1. The molecule has 0 aliphatic heterocycles. The van der Waals surface area contributed by atoms with Crippen LogP contribution in [0, 0.1) is 5.82 Å². The van der Waals surface area contributed by atoms with Crippen LogP contribution in [0.5, 0.6) is 0 Å². The first kappa shape index (κ1) is 20.7. The third kappa shape index (κ3) is 5.74. The van der Waals surface area contributed by atoms with Crippen LogP contribution >= 0.6 is 0 Å². The summed E-state index contributed by atoms with van der Waals surface area (Å²) >= 11 is 0. The fourth-order valence-corrected chi connectivity index (χ4v) is 2.52. The number of nitrogens with zero attached hydrogens (tertiary/aromatic N) is 1. The predicted molar refractivity (Wildman–Crippen MR) is 105 cm³/mol. The summed E-state index contributed by atoms with van der Waals surface area (Å²) in [6.07, 6.45) is 1.66. The minimum Gasteiger partial charge on any atom is -0.456 e. The number of oxazole rings is 1. The Labute approximate surface area is 170 Å². The molecule has 0 aliphatic rings. The molecule has 2 amide bonds. The van der Waals surface area contributed by atoms with E-state index in [-0.39, 0.29) is 18.7 Å². The number of carbonyl (C=O) groups excluding carboxylic acids is 3. The lowest BCUT2D eigenvalue weighted by atomic mass is 10.2. The number of primary amides is 1. The van der Waals surface area contributed by atoms with E-state index in [0.29, 0.717) is 28.5 Å². The van der Waals surface area contributed by atoms with E-state index in [1.165, 1.54) is 42.6 Å². The van der Waals surface area contributed by atoms with Gasteiger partial charge in [0.05, 0.1) is 12.6 Å². The summed E-state index contributed by atoms with van der Waals surface area (Å²) in [5, 5.41) is 2.54. The molecule has 0 saturated heterocycles. The highest BCUT2D eigenvalue weighted by Crippen LogP contribution is 2.21. The topological polar surface area (TPSA) is 125 Å². The number of nitrogens with two attached hydrogens (primary N) is 1. The number of anilines is 1. The van der Waals surface area contributed by atoms with E-state index in [1.807, 2.05) is 0 Å². The highest BCUT2D eigenvalue weighted by atomic mass is 19.1. The highest BCUT2D eigenvalue weighted by molar-refractivity contribution is 5.95. The van der Waals surface area contributed by atoms with Crippen molar-refractivity contribution in [1.82, 2.24) is 4.98 Å². The van der Waals surface area contributed by atoms with E-state index in [0.717, 1.165) is 0 Å². The zero-order chi connectivity index (χ0) is 21.5. The van der Waals surface area contributed by atoms with E-state index in [4.69, 9.17) is 14.9 Å². The summed E-state index contributed by atoms with van der Waals surface area (Å²) in [5.41, 5.74) is 6.56. The standard InChI is InChI=1S/C21H18FN3O5/c22-15-5-1-13(2-6-15)17-11-24-19(30-17)9-10-20(27)29-12-18(26)25-16-7-3-14(4-8-16)21(23)28/h1-8,11H,9-10,12H2,(H2,23,28)(H,25,26). The summed E-state index contributed by atoms with van der Waals surface area (Å²) in [6, 6.07) is 11.7. The summed E-state index contributed by atoms with van der Waals surface area (Å²) in [7, 11) is 0. The van der Waals surface area contributed by atoms with Crippen LogP contribution in [0.15, 0.2) is 59.1 Å². The summed E-state index contributed by atoms with van der Waals surface area (Å²) in [5.74, 6) is -1.25. The van der Waals surface area contributed by atoms with E-state index >= 15 is 0 Å². The van der Waals surface area contributed by atoms with Crippen LogP contribution in [0.4, 0.5) is 10.1 Å². The number of carbonyl (C=O) groups is 3. The van der Waals surface area contributed by atoms with Crippen LogP contribution in [0.2, 0.25) is 0 Å². The van der Waals surface area contributed by atoms with Crippen molar-refractivity contribution < 1.29 is 27.9 Å². The van der Waals surface area contributed by atoms with Crippen molar-refractivity contribution in [1.29, 1.82) is 0 Å². The van der Waals surface area contributed by atoms with Gasteiger partial charge in [-0.2, -0.15) is 0 Å². The van der Waals surface area contributed by atoms with Gasteiger partial charge in [0.1, 0.15) is 5.82 Å². The summed E-state index contributed by atoms with van der Waals surface area (Å²) in [4.78, 5) is 38.8. The molecule has 0 spiro atoms. The Morgan fingerprint density at radius 2 is 1.77 bits per heavy atom. The lowest BCUT2D eigenvalue weighted by molar-refractivity contribution is -0.147. The first-order valence-corrected chi connectivity index (χ1v) is 8.96. The van der Waals surface area contributed by atoms with Gasteiger partial charge in [-0.25, -0.2) is 9.37 Å². The largest absolute Gasteiger partial charge is 0.456 e. The Bertz CT molecular complexity index is 1050. The van der Waals surface area contributed by atoms with E-state index in [1.54, 1.807) is 12.1 Å². The fourth-order valence-electron chi connectivity index (χ4n) is 2.52. The number of esters is 1. The zero-order valence-corrected chi connectivity index (χ0v) is 15.8. The molecule has 0 bridgehead atoms. The lowest BCUT2D eigenvalue weighted by Gasteiger charge is -2.06. The summed E-state index contributed by atoms with van der Waals surface area (Å²) < 4.78 is 23.4. The van der Waals surface area contributed by atoms with E-state index in [9.17, 15) is 18.8 Å². The second kappa shape index (κ2) is 9.46. The monoisotopic (exact) mass is 411 g/mol. The fraction of sp³-hybridized carbons (Fsp3) is 0.143. The van der Waals surface area contributed by atoms with Gasteiger partial charge in [-0.05, 0) is 48.5 Å². The third-order valence-corrected chi connectivity index (χ3v) is 4.04. The number of nitrogens with one attached hydrogen (secondary N) is 1. The Kier molecular flexibility index (Phi) is 6.53. The molecular formula is C21H18FN3O5. The Morgan fingerprint density at radius 1 is 1.07 bits per heavy atom. The van der Waals surface area contributed by atoms with Crippen molar-refractivity contribution in [2.24, 2.45) is 5.73 Å². The molecule has 154 valence electrons. The van der Waals surface area contributed by atoms with Gasteiger partial charge in [0.2, 0.25) is 5.91 Å². The first-order chi connectivity index (χ1) is 14.4. The van der Waals surface area contributed by atoms with Crippen molar-refractivity contribution in [3.8, 4) is 11.3 Å². The predicted octanol–water partition coefficient (Wildman–Crippen LogP) is 2.69. The molecule has 8 nitrogen and oxygen atoms in total. The quantitative estimate of drug-likeness (QED) is 0.549. The number of hydrogen-bond acceptors (Lipinski definition) is 6. The van der Waals surface area contributed by atoms with Crippen LogP contribution in [-0.4, -0.2) is 29.4 Å². The van der Waals surface area contributed by atoms with Crippen LogP contribution in [0.25, 0.3) is 11.3 Å². The lowest BCUT2D eigenvalue weighted by Crippen LogP contribution is -2.21. The molecule has 0 unspecified atom stereocenters. The maximum absolute atomic E-state index is 13.0.